The van der Waals surface area contributed by atoms with Crippen LogP contribution in [0.15, 0.2) is 182 Å². The summed E-state index contributed by atoms with van der Waals surface area (Å²) in [5.41, 5.74) is 0. The number of benzene rings is 6. The Kier molecular flexibility index (Phi) is 17.4. The second-order valence-corrected chi connectivity index (χ2v) is 18.0. The molecule has 0 aliphatic carbocycles. The summed E-state index contributed by atoms with van der Waals surface area (Å²) >= 11 is -2.78. The van der Waals surface area contributed by atoms with E-state index in [1.54, 1.807) is 0 Å². The molecule has 2 nitrogen and oxygen atoms in total. The predicted octanol–water partition coefficient (Wildman–Crippen LogP) is 4.03. The Morgan fingerprint density at radius 2 is 0.372 bits per heavy atom. The predicted molar refractivity (Wildman–Crippen MR) is 182 cm³/mol. The maximum absolute atomic E-state index is 8.00. The number of rotatable bonds is 6. The molecular formula is C38H34As2NiO2. The number of hydrogen-bond donors (Lipinski definition) is 0. The van der Waals surface area contributed by atoms with Crippen LogP contribution in [0.1, 0.15) is 0 Å². The quantitative estimate of drug-likeness (QED) is 0.243. The molecule has 6 rings (SSSR count). The zero-order valence-corrected chi connectivity index (χ0v) is 28.5. The zero-order valence-electron chi connectivity index (χ0n) is 23.8. The normalized spacial score (nSPS) is 9.53. The second kappa shape index (κ2) is 21.0. The van der Waals surface area contributed by atoms with Crippen LogP contribution in [0.2, 0.25) is 0 Å². The van der Waals surface area contributed by atoms with Crippen LogP contribution in [0.4, 0.5) is 0 Å². The molecule has 43 heavy (non-hydrogen) atoms. The van der Waals surface area contributed by atoms with Gasteiger partial charge in [-0.15, -0.1) is 0 Å². The van der Waals surface area contributed by atoms with Gasteiger partial charge in [0.15, 0.2) is 0 Å². The van der Waals surface area contributed by atoms with Crippen LogP contribution in [0.5, 0.6) is 0 Å². The van der Waals surface area contributed by atoms with Crippen LogP contribution in [-0.4, -0.2) is 42.9 Å². The molecule has 0 aromatic heterocycles. The molecule has 0 bridgehead atoms. The SMILES string of the molecule is C=O.C=O.[Ni].c1ccc([As](c2ccccc2)c2ccccc2)cc1.c1ccc([As](c2ccccc2)c2ccccc2)cc1. The Balaban J connectivity index is 0.000000264. The van der Waals surface area contributed by atoms with Gasteiger partial charge in [-0.25, -0.2) is 0 Å². The van der Waals surface area contributed by atoms with E-state index in [0.717, 1.165) is 0 Å². The molecule has 0 unspecified atom stereocenters. The summed E-state index contributed by atoms with van der Waals surface area (Å²) in [7, 11) is 0. The van der Waals surface area contributed by atoms with Gasteiger partial charge in [-0.1, -0.05) is 0 Å². The van der Waals surface area contributed by atoms with Crippen molar-refractivity contribution >= 4 is 69.0 Å². The van der Waals surface area contributed by atoms with E-state index in [0.29, 0.717) is 0 Å². The second-order valence-electron chi connectivity index (χ2n) is 8.68. The number of hydrogen-bond acceptors (Lipinski definition) is 2. The standard InChI is InChI=1S/2C18H15As.2CH2O.Ni/c2*1-4-10-16(11-5-1)19(17-12-6-2-7-13-17)18-14-8-3-9-15-18;2*1-2;/h2*1-15H;2*1H2;. The monoisotopic (exact) mass is 730 g/mol. The summed E-state index contributed by atoms with van der Waals surface area (Å²) in [5.74, 6) is 0. The van der Waals surface area contributed by atoms with Gasteiger partial charge in [0.05, 0.1) is 0 Å². The van der Waals surface area contributed by atoms with Crippen molar-refractivity contribution in [3.63, 3.8) is 0 Å². The third-order valence-electron chi connectivity index (χ3n) is 6.09. The molecular weight excluding hydrogens is 697 g/mol. The molecule has 0 fully saturated rings. The molecule has 0 heterocycles. The van der Waals surface area contributed by atoms with Gasteiger partial charge in [-0.05, 0) is 0 Å². The first-order valence-electron chi connectivity index (χ1n) is 13.4. The first-order valence-corrected chi connectivity index (χ1v) is 19.0. The van der Waals surface area contributed by atoms with Gasteiger partial charge in [-0.2, -0.15) is 0 Å². The summed E-state index contributed by atoms with van der Waals surface area (Å²) in [6.07, 6.45) is 0. The van der Waals surface area contributed by atoms with Crippen molar-refractivity contribution in [3.05, 3.63) is 182 Å². The van der Waals surface area contributed by atoms with Crippen molar-refractivity contribution in [3.8, 4) is 0 Å². The van der Waals surface area contributed by atoms with Crippen molar-refractivity contribution in [2.75, 3.05) is 0 Å². The first-order chi connectivity index (χ1) is 20.9. The third kappa shape index (κ3) is 10.8. The molecule has 0 N–H and O–H groups in total. The molecule has 5 heteroatoms. The summed E-state index contributed by atoms with van der Waals surface area (Å²) < 4.78 is 8.87. The average molecular weight is 731 g/mol. The number of carbonyl (C=O) groups excluding carboxylic acids is 2. The van der Waals surface area contributed by atoms with Crippen LogP contribution in [0, 0.1) is 0 Å². The topological polar surface area (TPSA) is 34.1 Å². The van der Waals surface area contributed by atoms with Crippen molar-refractivity contribution in [1.82, 2.24) is 0 Å². The van der Waals surface area contributed by atoms with E-state index in [1.807, 2.05) is 13.6 Å². The van der Waals surface area contributed by atoms with Gasteiger partial charge in [0.25, 0.3) is 0 Å². The van der Waals surface area contributed by atoms with Crippen LogP contribution in [-0.2, 0) is 26.1 Å². The van der Waals surface area contributed by atoms with Gasteiger partial charge < -0.3 is 9.59 Å². The summed E-state index contributed by atoms with van der Waals surface area (Å²) in [6.45, 7) is 4.00. The Morgan fingerprint density at radius 3 is 0.488 bits per heavy atom. The van der Waals surface area contributed by atoms with Gasteiger partial charge in [-0.3, -0.25) is 0 Å². The van der Waals surface area contributed by atoms with E-state index in [1.165, 1.54) is 26.1 Å². The van der Waals surface area contributed by atoms with Gasteiger partial charge >= 0.3 is 237 Å². The van der Waals surface area contributed by atoms with Crippen molar-refractivity contribution < 1.29 is 26.1 Å². The summed E-state index contributed by atoms with van der Waals surface area (Å²) in [6, 6.07) is 65.4. The zero-order chi connectivity index (χ0) is 29.8. The molecule has 0 saturated carbocycles. The van der Waals surface area contributed by atoms with E-state index < -0.39 is 29.3 Å². The van der Waals surface area contributed by atoms with E-state index in [4.69, 9.17) is 9.59 Å². The fourth-order valence-electron chi connectivity index (χ4n) is 4.36. The van der Waals surface area contributed by atoms with Gasteiger partial charge in [0.1, 0.15) is 13.6 Å². The molecule has 218 valence electrons. The van der Waals surface area contributed by atoms with Gasteiger partial charge in [0.2, 0.25) is 0 Å². The maximum atomic E-state index is 8.00. The minimum atomic E-state index is -1.39. The Bertz CT molecular complexity index is 1220. The van der Waals surface area contributed by atoms with Crippen LogP contribution in [0.3, 0.4) is 0 Å². The average Bonchev–Trinajstić information content (AvgIpc) is 3.10. The molecule has 0 atom stereocenters. The molecule has 0 aliphatic rings. The molecule has 0 amide bonds. The third-order valence-corrected chi connectivity index (χ3v) is 16.3. The number of carbonyl (C=O) groups is 2. The molecule has 0 radical (unpaired) electrons. The molecule has 0 aliphatic heterocycles. The van der Waals surface area contributed by atoms with Crippen LogP contribution < -0.4 is 26.1 Å². The molecule has 6 aromatic rings. The molecule has 0 saturated heterocycles. The first kappa shape index (κ1) is 35.5. The van der Waals surface area contributed by atoms with E-state index in [9.17, 15) is 0 Å². The Hall–Kier alpha value is -3.73. The Labute approximate surface area is 275 Å². The summed E-state index contributed by atoms with van der Waals surface area (Å²) in [4.78, 5) is 16.0. The van der Waals surface area contributed by atoms with E-state index in [-0.39, 0.29) is 16.5 Å². The van der Waals surface area contributed by atoms with Crippen molar-refractivity contribution in [1.29, 1.82) is 0 Å². The fourth-order valence-corrected chi connectivity index (χ4v) is 14.0. The fraction of sp³-hybridized carbons (Fsp3) is 0. The minimum absolute atomic E-state index is 0. The van der Waals surface area contributed by atoms with Crippen molar-refractivity contribution in [2.45, 2.75) is 0 Å². The van der Waals surface area contributed by atoms with Crippen LogP contribution in [0.25, 0.3) is 0 Å². The molecule has 6 aromatic carbocycles. The van der Waals surface area contributed by atoms with E-state index >= 15 is 0 Å². The summed E-state index contributed by atoms with van der Waals surface area (Å²) in [5, 5.41) is 0. The van der Waals surface area contributed by atoms with Crippen LogP contribution >= 0.6 is 0 Å². The van der Waals surface area contributed by atoms with E-state index in [2.05, 4.69) is 182 Å². The Morgan fingerprint density at radius 1 is 0.256 bits per heavy atom. The van der Waals surface area contributed by atoms with Crippen molar-refractivity contribution in [2.24, 2.45) is 0 Å². The van der Waals surface area contributed by atoms with Gasteiger partial charge in [0, 0.05) is 16.5 Å². The molecule has 0 spiro atoms.